The number of nitrogens with zero attached hydrogens (tertiary/aromatic N) is 3. The van der Waals surface area contributed by atoms with Crippen LogP contribution in [0.2, 0.25) is 5.02 Å². The SMILES string of the molecule is CC(=O)N(C)Cc1nc2ccccc2n1CCCOc1ccccc1Cl. The van der Waals surface area contributed by atoms with E-state index in [1.54, 1.807) is 18.9 Å². The lowest BCUT2D eigenvalue weighted by Gasteiger charge is -2.16. The van der Waals surface area contributed by atoms with Crippen molar-refractivity contribution in [1.82, 2.24) is 14.5 Å². The van der Waals surface area contributed by atoms with Gasteiger partial charge in [-0.15, -0.1) is 0 Å². The first-order valence-electron chi connectivity index (χ1n) is 8.59. The van der Waals surface area contributed by atoms with E-state index in [-0.39, 0.29) is 5.91 Å². The van der Waals surface area contributed by atoms with Crippen LogP contribution >= 0.6 is 11.6 Å². The summed E-state index contributed by atoms with van der Waals surface area (Å²) in [4.78, 5) is 17.9. The van der Waals surface area contributed by atoms with Gasteiger partial charge in [-0.2, -0.15) is 0 Å². The van der Waals surface area contributed by atoms with Crippen molar-refractivity contribution >= 4 is 28.5 Å². The highest BCUT2D eigenvalue weighted by molar-refractivity contribution is 6.32. The van der Waals surface area contributed by atoms with Crippen molar-refractivity contribution < 1.29 is 9.53 Å². The normalized spacial score (nSPS) is 10.9. The fourth-order valence-electron chi connectivity index (χ4n) is 2.79. The second kappa shape index (κ2) is 8.23. The highest BCUT2D eigenvalue weighted by atomic mass is 35.5. The smallest absolute Gasteiger partial charge is 0.219 e. The molecule has 0 unspecified atom stereocenters. The molecule has 6 heteroatoms. The van der Waals surface area contributed by atoms with Crippen LogP contribution in [0.25, 0.3) is 11.0 Å². The van der Waals surface area contributed by atoms with Crippen molar-refractivity contribution in [3.63, 3.8) is 0 Å². The number of para-hydroxylation sites is 3. The molecule has 0 radical (unpaired) electrons. The van der Waals surface area contributed by atoms with E-state index in [0.29, 0.717) is 23.9 Å². The first kappa shape index (κ1) is 18.3. The standard InChI is InChI=1S/C20H22ClN3O2/c1-15(25)23(2)14-20-22-17-9-4-5-10-18(17)24(20)12-7-13-26-19-11-6-3-8-16(19)21/h3-6,8-11H,7,12-14H2,1-2H3. The van der Waals surface area contributed by atoms with Crippen LogP contribution in [0.5, 0.6) is 5.75 Å². The number of hydrogen-bond acceptors (Lipinski definition) is 3. The van der Waals surface area contributed by atoms with Crippen LogP contribution in [0, 0.1) is 0 Å². The number of aryl methyl sites for hydroxylation is 1. The van der Waals surface area contributed by atoms with Crippen LogP contribution < -0.4 is 4.74 Å². The maximum Gasteiger partial charge on any atom is 0.219 e. The minimum Gasteiger partial charge on any atom is -0.492 e. The molecule has 0 atom stereocenters. The highest BCUT2D eigenvalue weighted by Crippen LogP contribution is 2.23. The number of ether oxygens (including phenoxy) is 1. The van der Waals surface area contributed by atoms with Gasteiger partial charge in [0.05, 0.1) is 29.2 Å². The number of fused-ring (bicyclic) bond motifs is 1. The third-order valence-electron chi connectivity index (χ3n) is 4.27. The first-order chi connectivity index (χ1) is 12.6. The Balaban J connectivity index is 1.71. The topological polar surface area (TPSA) is 47.4 Å². The van der Waals surface area contributed by atoms with Crippen LogP contribution in [0.15, 0.2) is 48.5 Å². The minimum atomic E-state index is 0.0191. The zero-order valence-electron chi connectivity index (χ0n) is 15.0. The predicted octanol–water partition coefficient (Wildman–Crippen LogP) is 4.14. The van der Waals surface area contributed by atoms with E-state index in [1.165, 1.54) is 0 Å². The fourth-order valence-corrected chi connectivity index (χ4v) is 2.98. The molecule has 26 heavy (non-hydrogen) atoms. The van der Waals surface area contributed by atoms with Crippen LogP contribution in [-0.4, -0.2) is 34.0 Å². The Morgan fingerprint density at radius 3 is 2.69 bits per heavy atom. The maximum atomic E-state index is 11.6. The highest BCUT2D eigenvalue weighted by Gasteiger charge is 2.13. The van der Waals surface area contributed by atoms with Crippen LogP contribution in [0.1, 0.15) is 19.2 Å². The molecule has 0 saturated heterocycles. The van der Waals surface area contributed by atoms with Gasteiger partial charge >= 0.3 is 0 Å². The summed E-state index contributed by atoms with van der Waals surface area (Å²) in [7, 11) is 1.78. The lowest BCUT2D eigenvalue weighted by molar-refractivity contribution is -0.128. The summed E-state index contributed by atoms with van der Waals surface area (Å²) in [5.74, 6) is 1.59. The summed E-state index contributed by atoms with van der Waals surface area (Å²) in [6.07, 6.45) is 0.808. The summed E-state index contributed by atoms with van der Waals surface area (Å²) >= 11 is 6.12. The lowest BCUT2D eigenvalue weighted by Crippen LogP contribution is -2.25. The Bertz CT molecular complexity index is 907. The third kappa shape index (κ3) is 4.17. The van der Waals surface area contributed by atoms with Crippen LogP contribution in [-0.2, 0) is 17.9 Å². The lowest BCUT2D eigenvalue weighted by atomic mass is 10.3. The first-order valence-corrected chi connectivity index (χ1v) is 8.97. The molecule has 136 valence electrons. The van der Waals surface area contributed by atoms with Crippen molar-refractivity contribution in [2.45, 2.75) is 26.4 Å². The molecular weight excluding hydrogens is 350 g/mol. The average molecular weight is 372 g/mol. The maximum absolute atomic E-state index is 11.6. The van der Waals surface area contributed by atoms with Crippen molar-refractivity contribution in [3.05, 3.63) is 59.4 Å². The van der Waals surface area contributed by atoms with Gasteiger partial charge in [-0.05, 0) is 30.7 Å². The molecule has 0 saturated carbocycles. The van der Waals surface area contributed by atoms with Crippen molar-refractivity contribution in [1.29, 1.82) is 0 Å². The molecule has 3 rings (SSSR count). The number of carbonyl (C=O) groups is 1. The van der Waals surface area contributed by atoms with Crippen LogP contribution in [0.3, 0.4) is 0 Å². The van der Waals surface area contributed by atoms with Crippen molar-refractivity contribution in [3.8, 4) is 5.75 Å². The molecule has 0 bridgehead atoms. The van der Waals surface area contributed by atoms with Gasteiger partial charge in [-0.3, -0.25) is 4.79 Å². The van der Waals surface area contributed by atoms with Gasteiger partial charge in [0, 0.05) is 20.5 Å². The quantitative estimate of drug-likeness (QED) is 0.586. The van der Waals surface area contributed by atoms with E-state index in [9.17, 15) is 4.79 Å². The number of amides is 1. The molecule has 0 aliphatic carbocycles. The number of rotatable bonds is 7. The summed E-state index contributed by atoms with van der Waals surface area (Å²) in [6, 6.07) is 15.5. The Hall–Kier alpha value is -2.53. The van der Waals surface area contributed by atoms with Crippen molar-refractivity contribution in [2.75, 3.05) is 13.7 Å². The monoisotopic (exact) mass is 371 g/mol. The van der Waals surface area contributed by atoms with Gasteiger partial charge < -0.3 is 14.2 Å². The summed E-state index contributed by atoms with van der Waals surface area (Å²) < 4.78 is 7.93. The molecule has 1 aromatic heterocycles. The van der Waals surface area contributed by atoms with Gasteiger partial charge in [-0.1, -0.05) is 35.9 Å². The minimum absolute atomic E-state index is 0.0191. The Labute approximate surface area is 158 Å². The molecule has 0 fully saturated rings. The van der Waals surface area contributed by atoms with Gasteiger partial charge in [0.2, 0.25) is 5.91 Å². The van der Waals surface area contributed by atoms with Gasteiger partial charge in [-0.25, -0.2) is 4.98 Å². The molecule has 2 aromatic carbocycles. The third-order valence-corrected chi connectivity index (χ3v) is 4.58. The molecule has 1 amide bonds. The number of aromatic nitrogens is 2. The van der Waals surface area contributed by atoms with Crippen LogP contribution in [0.4, 0.5) is 0 Å². The molecule has 0 N–H and O–H groups in total. The molecule has 1 heterocycles. The molecular formula is C20H22ClN3O2. The van der Waals surface area contributed by atoms with Crippen molar-refractivity contribution in [2.24, 2.45) is 0 Å². The molecule has 0 spiro atoms. The van der Waals surface area contributed by atoms with E-state index in [4.69, 9.17) is 21.3 Å². The van der Waals surface area contributed by atoms with Gasteiger partial charge in [0.15, 0.2) is 0 Å². The van der Waals surface area contributed by atoms with Gasteiger partial charge in [0.1, 0.15) is 11.6 Å². The Morgan fingerprint density at radius 1 is 1.19 bits per heavy atom. The molecule has 0 aliphatic heterocycles. The Morgan fingerprint density at radius 2 is 1.92 bits per heavy atom. The van der Waals surface area contributed by atoms with E-state index >= 15 is 0 Å². The number of carbonyl (C=O) groups excluding carboxylic acids is 1. The van der Waals surface area contributed by atoms with E-state index < -0.39 is 0 Å². The van der Waals surface area contributed by atoms with E-state index in [2.05, 4.69) is 10.6 Å². The number of imidazole rings is 1. The number of halogens is 1. The summed E-state index contributed by atoms with van der Waals surface area (Å²) in [6.45, 7) is 3.35. The number of hydrogen-bond donors (Lipinski definition) is 0. The van der Waals surface area contributed by atoms with E-state index in [1.807, 2.05) is 42.5 Å². The average Bonchev–Trinajstić information content (AvgIpc) is 2.97. The molecule has 5 nitrogen and oxygen atoms in total. The Kier molecular flexibility index (Phi) is 5.78. The van der Waals surface area contributed by atoms with Gasteiger partial charge in [0.25, 0.3) is 0 Å². The van der Waals surface area contributed by atoms with E-state index in [0.717, 1.165) is 29.8 Å². The second-order valence-electron chi connectivity index (χ2n) is 6.18. The predicted molar refractivity (Wildman–Crippen MR) is 103 cm³/mol. The largest absolute Gasteiger partial charge is 0.492 e. The molecule has 3 aromatic rings. The zero-order chi connectivity index (χ0) is 18.5. The summed E-state index contributed by atoms with van der Waals surface area (Å²) in [5.41, 5.74) is 2.00. The summed E-state index contributed by atoms with van der Waals surface area (Å²) in [5, 5.41) is 0.615. The fraction of sp³-hybridized carbons (Fsp3) is 0.300. The number of benzene rings is 2. The second-order valence-corrected chi connectivity index (χ2v) is 6.58. The molecule has 0 aliphatic rings. The zero-order valence-corrected chi connectivity index (χ0v) is 15.7.